The van der Waals surface area contributed by atoms with Gasteiger partial charge in [0, 0.05) is 19.8 Å². The molecule has 1 heterocycles. The van der Waals surface area contributed by atoms with Gasteiger partial charge in [-0.1, -0.05) is 36.1 Å². The minimum atomic E-state index is -0.0912. The van der Waals surface area contributed by atoms with E-state index >= 15 is 0 Å². The van der Waals surface area contributed by atoms with Crippen molar-refractivity contribution in [3.05, 3.63) is 59.0 Å². The Morgan fingerprint density at radius 3 is 2.35 bits per heavy atom. The van der Waals surface area contributed by atoms with Gasteiger partial charge in [0.15, 0.2) is 4.32 Å². The molecule has 0 aliphatic carbocycles. The van der Waals surface area contributed by atoms with Crippen LogP contribution in [0.4, 0.5) is 11.4 Å². The van der Waals surface area contributed by atoms with Crippen molar-refractivity contribution in [3.63, 3.8) is 0 Å². The van der Waals surface area contributed by atoms with Crippen molar-refractivity contribution in [1.82, 2.24) is 0 Å². The van der Waals surface area contributed by atoms with E-state index in [1.54, 1.807) is 4.90 Å². The highest BCUT2D eigenvalue weighted by molar-refractivity contribution is 8.27. The molecule has 0 aromatic heterocycles. The van der Waals surface area contributed by atoms with Crippen molar-refractivity contribution >= 4 is 51.7 Å². The number of rotatable bonds is 5. The second kappa shape index (κ2) is 7.93. The highest BCUT2D eigenvalue weighted by Gasteiger charge is 2.33. The highest BCUT2D eigenvalue weighted by Crippen LogP contribution is 2.36. The summed E-state index contributed by atoms with van der Waals surface area (Å²) in [7, 11) is 3.96. The second-order valence-electron chi connectivity index (χ2n) is 5.93. The maximum absolute atomic E-state index is 12.8. The number of carbonyl (C=O) groups is 1. The molecule has 26 heavy (non-hydrogen) atoms. The van der Waals surface area contributed by atoms with Crippen molar-refractivity contribution in [2.75, 3.05) is 30.5 Å². The topological polar surface area (TPSA) is 32.8 Å². The third-order valence-corrected chi connectivity index (χ3v) is 5.21. The molecule has 1 aliphatic heterocycles. The largest absolute Gasteiger partial charge is 0.494 e. The Labute approximate surface area is 163 Å². The molecule has 1 saturated heterocycles. The van der Waals surface area contributed by atoms with Gasteiger partial charge in [0.2, 0.25) is 0 Å². The number of ether oxygens (including phenoxy) is 1. The van der Waals surface area contributed by atoms with Crippen LogP contribution in [0.1, 0.15) is 12.5 Å². The molecule has 1 fully saturated rings. The number of nitrogens with zero attached hydrogens (tertiary/aromatic N) is 2. The standard InChI is InChI=1S/C20H20N2O2S2/c1-4-24-17-11-5-14(6-12-17)13-18-19(23)22(20(25)26-18)16-9-7-15(8-10-16)21(2)3/h5-13H,4H2,1-3H3. The number of thiocarbonyl (C=S) groups is 1. The predicted molar refractivity (Wildman–Crippen MR) is 114 cm³/mol. The zero-order valence-electron chi connectivity index (χ0n) is 14.9. The minimum absolute atomic E-state index is 0.0912. The van der Waals surface area contributed by atoms with Crippen LogP contribution in [0.25, 0.3) is 6.08 Å². The fourth-order valence-corrected chi connectivity index (χ4v) is 3.87. The van der Waals surface area contributed by atoms with Crippen LogP contribution in [-0.4, -0.2) is 30.9 Å². The van der Waals surface area contributed by atoms with Crippen LogP contribution in [0, 0.1) is 0 Å². The Balaban J connectivity index is 1.81. The number of hydrogen-bond donors (Lipinski definition) is 0. The Morgan fingerprint density at radius 2 is 1.77 bits per heavy atom. The molecule has 0 radical (unpaired) electrons. The van der Waals surface area contributed by atoms with Gasteiger partial charge in [-0.05, 0) is 55.0 Å². The Morgan fingerprint density at radius 1 is 1.12 bits per heavy atom. The molecular weight excluding hydrogens is 364 g/mol. The van der Waals surface area contributed by atoms with E-state index in [1.165, 1.54) is 11.8 Å². The lowest BCUT2D eigenvalue weighted by Gasteiger charge is -2.17. The zero-order chi connectivity index (χ0) is 18.7. The molecule has 1 aliphatic rings. The van der Waals surface area contributed by atoms with Gasteiger partial charge in [-0.25, -0.2) is 0 Å². The molecule has 2 aromatic carbocycles. The van der Waals surface area contributed by atoms with Gasteiger partial charge in [0.25, 0.3) is 5.91 Å². The summed E-state index contributed by atoms with van der Waals surface area (Å²) in [5.41, 5.74) is 2.80. The summed E-state index contributed by atoms with van der Waals surface area (Å²) in [6, 6.07) is 15.5. The van der Waals surface area contributed by atoms with E-state index in [2.05, 4.69) is 0 Å². The molecule has 134 valence electrons. The molecule has 0 bridgehead atoms. The summed E-state index contributed by atoms with van der Waals surface area (Å²) < 4.78 is 5.99. The Hall–Kier alpha value is -2.31. The predicted octanol–water partition coefficient (Wildman–Crippen LogP) is 4.56. The van der Waals surface area contributed by atoms with Crippen molar-refractivity contribution < 1.29 is 9.53 Å². The van der Waals surface area contributed by atoms with Crippen LogP contribution < -0.4 is 14.5 Å². The van der Waals surface area contributed by atoms with E-state index in [4.69, 9.17) is 17.0 Å². The summed E-state index contributed by atoms with van der Waals surface area (Å²) >= 11 is 6.75. The van der Waals surface area contributed by atoms with Crippen LogP contribution in [-0.2, 0) is 4.79 Å². The molecule has 2 aromatic rings. The lowest BCUT2D eigenvalue weighted by Crippen LogP contribution is -2.27. The summed E-state index contributed by atoms with van der Waals surface area (Å²) in [5.74, 6) is 0.727. The van der Waals surface area contributed by atoms with E-state index in [9.17, 15) is 4.79 Å². The zero-order valence-corrected chi connectivity index (χ0v) is 16.6. The number of hydrogen-bond acceptors (Lipinski definition) is 5. The molecule has 1 amide bonds. The van der Waals surface area contributed by atoms with Gasteiger partial charge in [0.05, 0.1) is 17.2 Å². The lowest BCUT2D eigenvalue weighted by molar-refractivity contribution is -0.113. The van der Waals surface area contributed by atoms with Crippen molar-refractivity contribution in [3.8, 4) is 5.75 Å². The molecule has 0 N–H and O–H groups in total. The van der Waals surface area contributed by atoms with E-state index in [0.717, 1.165) is 22.7 Å². The van der Waals surface area contributed by atoms with Gasteiger partial charge in [-0.15, -0.1) is 0 Å². The van der Waals surface area contributed by atoms with Crippen molar-refractivity contribution in [2.24, 2.45) is 0 Å². The first-order chi connectivity index (χ1) is 12.5. The highest BCUT2D eigenvalue weighted by atomic mass is 32.2. The monoisotopic (exact) mass is 384 g/mol. The molecule has 0 unspecified atom stereocenters. The van der Waals surface area contributed by atoms with E-state index < -0.39 is 0 Å². The van der Waals surface area contributed by atoms with Crippen molar-refractivity contribution in [1.29, 1.82) is 0 Å². The van der Waals surface area contributed by atoms with Crippen LogP contribution >= 0.6 is 24.0 Å². The number of anilines is 2. The third-order valence-electron chi connectivity index (χ3n) is 3.91. The first-order valence-corrected chi connectivity index (χ1v) is 9.50. The first kappa shape index (κ1) is 18.5. The first-order valence-electron chi connectivity index (χ1n) is 8.28. The normalized spacial score (nSPS) is 15.7. The number of benzene rings is 2. The number of carbonyl (C=O) groups excluding carboxylic acids is 1. The fourth-order valence-electron chi connectivity index (χ4n) is 2.57. The molecule has 3 rings (SSSR count). The number of thioether (sulfide) groups is 1. The lowest BCUT2D eigenvalue weighted by atomic mass is 10.2. The SMILES string of the molecule is CCOc1ccc(C=C2SC(=S)N(c3ccc(N(C)C)cc3)C2=O)cc1. The quantitative estimate of drug-likeness (QED) is 0.558. The summed E-state index contributed by atoms with van der Waals surface area (Å²) in [6.07, 6.45) is 1.86. The molecular formula is C20H20N2O2S2. The van der Waals surface area contributed by atoms with E-state index in [0.29, 0.717) is 15.8 Å². The molecule has 4 nitrogen and oxygen atoms in total. The maximum Gasteiger partial charge on any atom is 0.270 e. The minimum Gasteiger partial charge on any atom is -0.494 e. The summed E-state index contributed by atoms with van der Waals surface area (Å²) in [4.78, 5) is 17.0. The fraction of sp³-hybridized carbons (Fsp3) is 0.200. The molecule has 0 atom stereocenters. The van der Waals surface area contributed by atoms with Gasteiger partial charge in [-0.2, -0.15) is 0 Å². The molecule has 6 heteroatoms. The average Bonchev–Trinajstić information content (AvgIpc) is 2.90. The maximum atomic E-state index is 12.8. The molecule has 0 saturated carbocycles. The summed E-state index contributed by atoms with van der Waals surface area (Å²) in [5, 5.41) is 0. The Kier molecular flexibility index (Phi) is 5.64. The van der Waals surface area contributed by atoms with Gasteiger partial charge < -0.3 is 9.64 Å². The van der Waals surface area contributed by atoms with Gasteiger partial charge >= 0.3 is 0 Å². The summed E-state index contributed by atoms with van der Waals surface area (Å²) in [6.45, 7) is 2.58. The van der Waals surface area contributed by atoms with Crippen LogP contribution in [0.5, 0.6) is 5.75 Å². The smallest absolute Gasteiger partial charge is 0.270 e. The van der Waals surface area contributed by atoms with Crippen LogP contribution in [0.3, 0.4) is 0 Å². The van der Waals surface area contributed by atoms with Crippen LogP contribution in [0.2, 0.25) is 0 Å². The van der Waals surface area contributed by atoms with E-state index in [-0.39, 0.29) is 5.91 Å². The molecule has 0 spiro atoms. The number of amides is 1. The van der Waals surface area contributed by atoms with Gasteiger partial charge in [0.1, 0.15) is 5.75 Å². The van der Waals surface area contributed by atoms with Crippen molar-refractivity contribution in [2.45, 2.75) is 6.92 Å². The second-order valence-corrected chi connectivity index (χ2v) is 7.61. The van der Waals surface area contributed by atoms with Crippen LogP contribution in [0.15, 0.2) is 53.4 Å². The third kappa shape index (κ3) is 3.92. The average molecular weight is 385 g/mol. The van der Waals surface area contributed by atoms with E-state index in [1.807, 2.05) is 80.5 Å². The Bertz CT molecular complexity index is 843. The van der Waals surface area contributed by atoms with Gasteiger partial charge in [-0.3, -0.25) is 9.69 Å².